The number of benzene rings is 1. The number of aromatic nitrogens is 1. The summed E-state index contributed by atoms with van der Waals surface area (Å²) in [6.07, 6.45) is 1.77. The molecule has 9 nitrogen and oxygen atoms in total. The van der Waals surface area contributed by atoms with E-state index in [1.54, 1.807) is 42.7 Å². The highest BCUT2D eigenvalue weighted by Gasteiger charge is 2.23. The van der Waals surface area contributed by atoms with E-state index in [1.807, 2.05) is 6.92 Å². The third-order valence-corrected chi connectivity index (χ3v) is 4.96. The molecule has 0 spiro atoms. The number of aryl methyl sites for hydroxylation is 2. The Hall–Kier alpha value is -3.11. The summed E-state index contributed by atoms with van der Waals surface area (Å²) >= 11 is 1.55. The number of amidine groups is 1. The van der Waals surface area contributed by atoms with Crippen molar-refractivity contribution in [1.29, 1.82) is 0 Å². The van der Waals surface area contributed by atoms with E-state index in [0.717, 1.165) is 9.88 Å². The largest absolute Gasteiger partial charge is 0.488 e. The zero-order chi connectivity index (χ0) is 20.3. The van der Waals surface area contributed by atoms with E-state index in [-0.39, 0.29) is 5.84 Å². The van der Waals surface area contributed by atoms with Gasteiger partial charge in [-0.1, -0.05) is 5.16 Å². The second-order valence-electron chi connectivity index (χ2n) is 6.06. The van der Waals surface area contributed by atoms with Gasteiger partial charge in [0.15, 0.2) is 5.84 Å². The molecule has 0 radical (unpaired) electrons. The summed E-state index contributed by atoms with van der Waals surface area (Å²) in [7, 11) is 0. The number of carbonyl (C=O) groups is 1. The van der Waals surface area contributed by atoms with Crippen LogP contribution in [-0.4, -0.2) is 39.7 Å². The molecule has 28 heavy (non-hydrogen) atoms. The quantitative estimate of drug-likeness (QED) is 0.204. The number of carbonyl (C=O) groups excluding carboxylic acids is 1. The maximum atomic E-state index is 12.7. The van der Waals surface area contributed by atoms with Crippen molar-refractivity contribution in [2.75, 3.05) is 6.61 Å². The lowest BCUT2D eigenvalue weighted by Crippen LogP contribution is -2.47. The number of amides is 1. The van der Waals surface area contributed by atoms with E-state index >= 15 is 0 Å². The summed E-state index contributed by atoms with van der Waals surface area (Å²) in [4.78, 5) is 17.9. The highest BCUT2D eigenvalue weighted by molar-refractivity contribution is 7.11. The summed E-state index contributed by atoms with van der Waals surface area (Å²) in [5, 5.41) is 25.0. The SMILES string of the molecule is Cc1ncc(COc2ccc3oc(C)c(C(=O)N[C@@H](CO)/C(N)=N/O)c3c2)s1. The van der Waals surface area contributed by atoms with Crippen LogP contribution >= 0.6 is 11.3 Å². The molecule has 0 unspecified atom stereocenters. The van der Waals surface area contributed by atoms with Crippen molar-refractivity contribution in [2.45, 2.75) is 26.5 Å². The van der Waals surface area contributed by atoms with Crippen molar-refractivity contribution < 1.29 is 24.3 Å². The molecule has 0 aliphatic rings. The van der Waals surface area contributed by atoms with Gasteiger partial charge in [-0.3, -0.25) is 4.79 Å². The monoisotopic (exact) mass is 404 g/mol. The standard InChI is InChI=1S/C18H20N4O5S/c1-9-16(18(24)21-14(7-23)17(19)22-25)13-5-11(3-4-15(13)27-9)26-8-12-6-20-10(2)28-12/h3-6,14,23,25H,7-8H2,1-2H3,(H2,19,22)(H,21,24)/t14-/m0/s1. The fraction of sp³-hybridized carbons (Fsp3) is 0.278. The number of hydrogen-bond acceptors (Lipinski definition) is 8. The number of ether oxygens (including phenoxy) is 1. The Morgan fingerprint density at radius 2 is 2.25 bits per heavy atom. The number of thiazole rings is 1. The molecule has 1 aromatic carbocycles. The molecule has 0 fully saturated rings. The van der Waals surface area contributed by atoms with Gasteiger partial charge < -0.3 is 30.5 Å². The molecule has 0 aliphatic heterocycles. The van der Waals surface area contributed by atoms with Crippen molar-refractivity contribution >= 4 is 34.0 Å². The first-order chi connectivity index (χ1) is 13.4. The molecule has 3 rings (SSSR count). The van der Waals surface area contributed by atoms with Gasteiger partial charge in [0.2, 0.25) is 0 Å². The van der Waals surface area contributed by atoms with Crippen LogP contribution in [0.25, 0.3) is 11.0 Å². The molecule has 2 heterocycles. The van der Waals surface area contributed by atoms with E-state index in [9.17, 15) is 9.90 Å². The Bertz CT molecular complexity index is 1030. The van der Waals surface area contributed by atoms with Gasteiger partial charge in [-0.15, -0.1) is 11.3 Å². The van der Waals surface area contributed by atoms with Crippen LogP contribution in [0.2, 0.25) is 0 Å². The normalized spacial score (nSPS) is 12.9. The van der Waals surface area contributed by atoms with Crippen molar-refractivity contribution in [1.82, 2.24) is 10.3 Å². The highest BCUT2D eigenvalue weighted by Crippen LogP contribution is 2.29. The van der Waals surface area contributed by atoms with Crippen LogP contribution in [-0.2, 0) is 6.61 Å². The lowest BCUT2D eigenvalue weighted by molar-refractivity contribution is 0.0932. The Balaban J connectivity index is 1.85. The third kappa shape index (κ3) is 4.07. The molecule has 3 aromatic rings. The molecule has 0 saturated heterocycles. The fourth-order valence-corrected chi connectivity index (χ4v) is 3.42. The van der Waals surface area contributed by atoms with Gasteiger partial charge >= 0.3 is 0 Å². The first kappa shape index (κ1) is 19.6. The zero-order valence-electron chi connectivity index (χ0n) is 15.3. The molecule has 5 N–H and O–H groups in total. The Morgan fingerprint density at radius 1 is 1.46 bits per heavy atom. The van der Waals surface area contributed by atoms with Crippen LogP contribution in [0.15, 0.2) is 34.0 Å². The number of nitrogens with one attached hydrogen (secondary N) is 1. The first-order valence-electron chi connectivity index (χ1n) is 8.39. The average Bonchev–Trinajstić information content (AvgIpc) is 3.25. The minimum Gasteiger partial charge on any atom is -0.488 e. The number of nitrogens with two attached hydrogens (primary N) is 1. The van der Waals surface area contributed by atoms with Crippen LogP contribution in [0.4, 0.5) is 0 Å². The fourth-order valence-electron chi connectivity index (χ4n) is 2.71. The lowest BCUT2D eigenvalue weighted by atomic mass is 10.1. The van der Waals surface area contributed by atoms with Crippen LogP contribution in [0, 0.1) is 13.8 Å². The number of nitrogens with zero attached hydrogens (tertiary/aromatic N) is 2. The summed E-state index contributed by atoms with van der Waals surface area (Å²) in [5.74, 6) is 0.157. The van der Waals surface area contributed by atoms with E-state index in [2.05, 4.69) is 15.5 Å². The number of hydrogen-bond donors (Lipinski definition) is 4. The second-order valence-corrected chi connectivity index (χ2v) is 7.38. The minimum absolute atomic E-state index is 0.290. The molecule has 148 valence electrons. The predicted octanol–water partition coefficient (Wildman–Crippen LogP) is 1.92. The zero-order valence-corrected chi connectivity index (χ0v) is 16.1. The van der Waals surface area contributed by atoms with Gasteiger partial charge in [0.25, 0.3) is 5.91 Å². The van der Waals surface area contributed by atoms with E-state index in [4.69, 9.17) is 20.1 Å². The van der Waals surface area contributed by atoms with Crippen molar-refractivity contribution in [2.24, 2.45) is 10.9 Å². The van der Waals surface area contributed by atoms with Gasteiger partial charge in [0, 0.05) is 11.6 Å². The molecule has 1 atom stereocenters. The number of aliphatic hydroxyl groups excluding tert-OH is 1. The lowest BCUT2D eigenvalue weighted by Gasteiger charge is -2.14. The van der Waals surface area contributed by atoms with Crippen molar-refractivity contribution in [3.05, 3.63) is 45.6 Å². The summed E-state index contributed by atoms with van der Waals surface area (Å²) < 4.78 is 11.4. The Morgan fingerprint density at radius 3 is 2.89 bits per heavy atom. The number of oxime groups is 1. The Kier molecular flexibility index (Phi) is 5.81. The van der Waals surface area contributed by atoms with Crippen LogP contribution in [0.3, 0.4) is 0 Å². The summed E-state index contributed by atoms with van der Waals surface area (Å²) in [5.41, 5.74) is 6.29. The molecule has 0 saturated carbocycles. The number of aliphatic hydroxyl groups is 1. The molecule has 1 amide bonds. The second kappa shape index (κ2) is 8.28. The topological polar surface area (TPSA) is 143 Å². The minimum atomic E-state index is -1.02. The van der Waals surface area contributed by atoms with Crippen molar-refractivity contribution in [3.63, 3.8) is 0 Å². The molecular formula is C18H20N4O5S. The molecule has 10 heteroatoms. The maximum Gasteiger partial charge on any atom is 0.256 e. The van der Waals surface area contributed by atoms with E-state index in [0.29, 0.717) is 34.6 Å². The predicted molar refractivity (Wildman–Crippen MR) is 104 cm³/mol. The number of furan rings is 1. The van der Waals surface area contributed by atoms with Gasteiger partial charge in [0.05, 0.1) is 22.1 Å². The van der Waals surface area contributed by atoms with Gasteiger partial charge in [-0.25, -0.2) is 4.98 Å². The first-order valence-corrected chi connectivity index (χ1v) is 9.21. The average molecular weight is 404 g/mol. The highest BCUT2D eigenvalue weighted by atomic mass is 32.1. The van der Waals surface area contributed by atoms with Crippen LogP contribution in [0.1, 0.15) is 26.0 Å². The van der Waals surface area contributed by atoms with Gasteiger partial charge in [-0.2, -0.15) is 0 Å². The van der Waals surface area contributed by atoms with E-state index < -0.39 is 18.6 Å². The molecule has 2 aromatic heterocycles. The molecule has 0 bridgehead atoms. The third-order valence-electron chi connectivity index (χ3n) is 4.07. The number of fused-ring (bicyclic) bond motifs is 1. The number of rotatable bonds is 7. The smallest absolute Gasteiger partial charge is 0.256 e. The van der Waals surface area contributed by atoms with Crippen LogP contribution < -0.4 is 15.8 Å². The Labute approximate surface area is 164 Å². The van der Waals surface area contributed by atoms with Crippen molar-refractivity contribution in [3.8, 4) is 5.75 Å². The van der Waals surface area contributed by atoms with E-state index in [1.165, 1.54) is 0 Å². The maximum absolute atomic E-state index is 12.7. The molecule has 0 aliphatic carbocycles. The summed E-state index contributed by atoms with van der Waals surface area (Å²) in [6, 6.07) is 4.18. The van der Waals surface area contributed by atoms with Gasteiger partial charge in [-0.05, 0) is 32.0 Å². The summed E-state index contributed by atoms with van der Waals surface area (Å²) in [6.45, 7) is 3.44. The van der Waals surface area contributed by atoms with Gasteiger partial charge in [0.1, 0.15) is 29.7 Å². The molecular weight excluding hydrogens is 384 g/mol. The van der Waals surface area contributed by atoms with Crippen LogP contribution in [0.5, 0.6) is 5.75 Å².